The topological polar surface area (TPSA) is 59.6 Å². The van der Waals surface area contributed by atoms with E-state index in [-0.39, 0.29) is 11.7 Å². The van der Waals surface area contributed by atoms with Gasteiger partial charge in [-0.2, -0.15) is 0 Å². The first-order valence-corrected chi connectivity index (χ1v) is 7.60. The van der Waals surface area contributed by atoms with Gasteiger partial charge in [0.25, 0.3) is 0 Å². The van der Waals surface area contributed by atoms with Crippen LogP contribution in [-0.4, -0.2) is 17.8 Å². The number of thiocarbonyl (C=S) groups is 1. The van der Waals surface area contributed by atoms with Crippen molar-refractivity contribution < 1.29 is 14.3 Å². The molecule has 0 atom stereocenters. The van der Waals surface area contributed by atoms with Crippen LogP contribution in [0.5, 0.6) is 5.75 Å². The van der Waals surface area contributed by atoms with Crippen LogP contribution in [0.4, 0.5) is 10.5 Å². The largest absolute Gasteiger partial charge is 0.487 e. The van der Waals surface area contributed by atoms with Gasteiger partial charge in [-0.15, -0.1) is 0 Å². The highest BCUT2D eigenvalue weighted by molar-refractivity contribution is 7.80. The highest BCUT2D eigenvalue weighted by Gasteiger charge is 2.08. The second-order valence-electron chi connectivity index (χ2n) is 4.57. The Bertz CT molecular complexity index is 662. The Balaban J connectivity index is 1.97. The van der Waals surface area contributed by atoms with Gasteiger partial charge >= 0.3 is 6.09 Å². The number of hydrogen-bond acceptors (Lipinski definition) is 4. The van der Waals surface area contributed by atoms with Gasteiger partial charge in [0.1, 0.15) is 12.4 Å². The Morgan fingerprint density at radius 3 is 2.52 bits per heavy atom. The summed E-state index contributed by atoms with van der Waals surface area (Å²) >= 11 is 5.09. The number of carbonyl (C=O) groups excluding carboxylic acids is 1. The Kier molecular flexibility index (Phi) is 6.38. The number of ether oxygens (including phenoxy) is 2. The second-order valence-corrected chi connectivity index (χ2v) is 4.98. The number of amides is 1. The Morgan fingerprint density at radius 1 is 1.09 bits per heavy atom. The van der Waals surface area contributed by atoms with E-state index in [1.165, 1.54) is 0 Å². The van der Waals surface area contributed by atoms with Crippen LogP contribution in [0.25, 0.3) is 0 Å². The molecule has 0 aliphatic carbocycles. The maximum absolute atomic E-state index is 11.3. The fourth-order valence-corrected chi connectivity index (χ4v) is 2.04. The van der Waals surface area contributed by atoms with Crippen LogP contribution in [-0.2, 0) is 11.3 Å². The summed E-state index contributed by atoms with van der Waals surface area (Å²) in [4.78, 5) is 11.3. The molecule has 0 aliphatic heterocycles. The van der Waals surface area contributed by atoms with Crippen molar-refractivity contribution in [3.63, 3.8) is 0 Å². The fourth-order valence-electron chi connectivity index (χ4n) is 1.84. The molecular weight excluding hydrogens is 312 g/mol. The summed E-state index contributed by atoms with van der Waals surface area (Å²) in [6.45, 7) is 2.45. The molecule has 2 rings (SSSR count). The molecular formula is C17H18N2O3S. The molecule has 0 heterocycles. The number of rotatable bonds is 5. The van der Waals surface area contributed by atoms with Crippen molar-refractivity contribution in [1.29, 1.82) is 0 Å². The highest BCUT2D eigenvalue weighted by atomic mass is 32.1. The van der Waals surface area contributed by atoms with Crippen molar-refractivity contribution in [1.82, 2.24) is 5.32 Å². The number of benzene rings is 2. The molecule has 0 unspecified atom stereocenters. The van der Waals surface area contributed by atoms with Gasteiger partial charge in [0.15, 0.2) is 5.11 Å². The molecule has 0 aliphatic rings. The average molecular weight is 330 g/mol. The van der Waals surface area contributed by atoms with E-state index in [2.05, 4.69) is 10.6 Å². The minimum Gasteiger partial charge on any atom is -0.487 e. The molecule has 2 N–H and O–H groups in total. The lowest BCUT2D eigenvalue weighted by molar-refractivity contribution is 0.158. The molecule has 0 spiro atoms. The van der Waals surface area contributed by atoms with Gasteiger partial charge in [-0.3, -0.25) is 5.32 Å². The van der Waals surface area contributed by atoms with Crippen molar-refractivity contribution >= 4 is 29.1 Å². The molecule has 1 amide bonds. The molecule has 6 heteroatoms. The zero-order valence-corrected chi connectivity index (χ0v) is 13.6. The van der Waals surface area contributed by atoms with E-state index < -0.39 is 6.09 Å². The van der Waals surface area contributed by atoms with Gasteiger partial charge in [-0.05, 0) is 36.8 Å². The number of nitrogens with one attached hydrogen (secondary N) is 2. The minimum atomic E-state index is -0.590. The Hall–Kier alpha value is -2.60. The molecule has 2 aromatic rings. The lowest BCUT2D eigenvalue weighted by Crippen LogP contribution is -2.34. The molecule has 0 bridgehead atoms. The molecule has 0 radical (unpaired) electrons. The number of carbonyl (C=O) groups is 1. The van der Waals surface area contributed by atoms with Gasteiger partial charge in [0.2, 0.25) is 0 Å². The number of anilines is 1. The summed E-state index contributed by atoms with van der Waals surface area (Å²) in [6, 6.07) is 17.2. The predicted molar refractivity (Wildman–Crippen MR) is 93.6 cm³/mol. The monoisotopic (exact) mass is 330 g/mol. The molecule has 5 nitrogen and oxygen atoms in total. The molecule has 0 fully saturated rings. The second kappa shape index (κ2) is 8.75. The van der Waals surface area contributed by atoms with Crippen LogP contribution in [0.1, 0.15) is 12.5 Å². The summed E-state index contributed by atoms with van der Waals surface area (Å²) in [7, 11) is 0. The van der Waals surface area contributed by atoms with Crippen LogP contribution in [0.2, 0.25) is 0 Å². The molecule has 23 heavy (non-hydrogen) atoms. The molecule has 0 saturated carbocycles. The quantitative estimate of drug-likeness (QED) is 0.819. The summed E-state index contributed by atoms with van der Waals surface area (Å²) in [5, 5.41) is 5.52. The van der Waals surface area contributed by atoms with Gasteiger partial charge in [-0.25, -0.2) is 4.79 Å². The van der Waals surface area contributed by atoms with E-state index in [0.717, 1.165) is 5.56 Å². The number of para-hydroxylation sites is 2. The highest BCUT2D eigenvalue weighted by Crippen LogP contribution is 2.24. The lowest BCUT2D eigenvalue weighted by Gasteiger charge is -2.14. The molecule has 0 saturated heterocycles. The molecule has 2 aromatic carbocycles. The van der Waals surface area contributed by atoms with Gasteiger partial charge in [-0.1, -0.05) is 42.5 Å². The van der Waals surface area contributed by atoms with E-state index in [1.54, 1.807) is 6.92 Å². The number of hydrogen-bond donors (Lipinski definition) is 2. The summed E-state index contributed by atoms with van der Waals surface area (Å²) < 4.78 is 10.6. The third kappa shape index (κ3) is 5.60. The first kappa shape index (κ1) is 16.8. The summed E-state index contributed by atoms with van der Waals surface area (Å²) in [5.74, 6) is 0.643. The van der Waals surface area contributed by atoms with Gasteiger partial charge < -0.3 is 14.8 Å². The van der Waals surface area contributed by atoms with Crippen molar-refractivity contribution in [2.45, 2.75) is 13.5 Å². The first-order chi connectivity index (χ1) is 11.2. The Labute approximate surface area is 140 Å². The smallest absolute Gasteiger partial charge is 0.413 e. The normalized spacial score (nSPS) is 9.78. The van der Waals surface area contributed by atoms with E-state index >= 15 is 0 Å². The SMILES string of the molecule is CCOC(=O)NC(=S)Nc1ccccc1OCc1ccccc1. The molecule has 0 aromatic heterocycles. The van der Waals surface area contributed by atoms with E-state index in [1.807, 2.05) is 54.6 Å². The maximum atomic E-state index is 11.3. The number of alkyl carbamates (subject to hydrolysis) is 1. The molecule has 120 valence electrons. The standard InChI is InChI=1S/C17H18N2O3S/c1-2-21-17(20)19-16(23)18-14-10-6-7-11-15(14)22-12-13-8-4-3-5-9-13/h3-11H,2,12H2,1H3,(H2,18,19,20,23). The Morgan fingerprint density at radius 2 is 1.78 bits per heavy atom. The average Bonchev–Trinajstić information content (AvgIpc) is 2.55. The van der Waals surface area contributed by atoms with Crippen molar-refractivity contribution in [2.24, 2.45) is 0 Å². The van der Waals surface area contributed by atoms with Crippen molar-refractivity contribution in [3.8, 4) is 5.75 Å². The third-order valence-corrected chi connectivity index (χ3v) is 3.07. The van der Waals surface area contributed by atoms with Gasteiger partial charge in [0.05, 0.1) is 12.3 Å². The summed E-state index contributed by atoms with van der Waals surface area (Å²) in [6.07, 6.45) is -0.590. The minimum absolute atomic E-state index is 0.152. The predicted octanol–water partition coefficient (Wildman–Crippen LogP) is 3.71. The third-order valence-electron chi connectivity index (χ3n) is 2.86. The van der Waals surface area contributed by atoms with Crippen LogP contribution in [0, 0.1) is 0 Å². The van der Waals surface area contributed by atoms with E-state index in [4.69, 9.17) is 21.7 Å². The fraction of sp³-hybridized carbons (Fsp3) is 0.176. The van der Waals surface area contributed by atoms with Crippen molar-refractivity contribution in [2.75, 3.05) is 11.9 Å². The summed E-state index contributed by atoms with van der Waals surface area (Å²) in [5.41, 5.74) is 1.74. The van der Waals surface area contributed by atoms with E-state index in [9.17, 15) is 4.79 Å². The van der Waals surface area contributed by atoms with Crippen LogP contribution < -0.4 is 15.4 Å². The lowest BCUT2D eigenvalue weighted by atomic mass is 10.2. The van der Waals surface area contributed by atoms with Crippen molar-refractivity contribution in [3.05, 3.63) is 60.2 Å². The van der Waals surface area contributed by atoms with Crippen LogP contribution in [0.3, 0.4) is 0 Å². The van der Waals surface area contributed by atoms with Crippen LogP contribution in [0.15, 0.2) is 54.6 Å². The first-order valence-electron chi connectivity index (χ1n) is 7.19. The van der Waals surface area contributed by atoms with Crippen LogP contribution >= 0.6 is 12.2 Å². The zero-order valence-electron chi connectivity index (χ0n) is 12.7. The van der Waals surface area contributed by atoms with Gasteiger partial charge in [0, 0.05) is 0 Å². The zero-order chi connectivity index (χ0) is 16.5. The maximum Gasteiger partial charge on any atom is 0.413 e. The van der Waals surface area contributed by atoms with E-state index in [0.29, 0.717) is 18.0 Å².